The van der Waals surface area contributed by atoms with Crippen molar-refractivity contribution in [1.82, 2.24) is 4.57 Å². The summed E-state index contributed by atoms with van der Waals surface area (Å²) in [4.78, 5) is 29.6. The molecule has 7 heteroatoms. The third kappa shape index (κ3) is 3.96. The summed E-state index contributed by atoms with van der Waals surface area (Å²) >= 11 is 0.906. The van der Waals surface area contributed by atoms with Crippen LogP contribution in [0.5, 0.6) is 5.88 Å². The molecular weight excluding hydrogens is 410 g/mol. The van der Waals surface area contributed by atoms with Crippen molar-refractivity contribution in [2.24, 2.45) is 4.99 Å². The third-order valence-corrected chi connectivity index (χ3v) is 6.29. The quantitative estimate of drug-likeness (QED) is 0.612. The first kappa shape index (κ1) is 20.8. The molecule has 0 spiro atoms. The average molecular weight is 434 g/mol. The molecule has 0 fully saturated rings. The van der Waals surface area contributed by atoms with Gasteiger partial charge in [-0.15, -0.1) is 0 Å². The monoisotopic (exact) mass is 433 g/mol. The molecule has 1 aromatic heterocycles. The van der Waals surface area contributed by atoms with Crippen molar-refractivity contribution in [3.8, 4) is 5.88 Å². The Bertz CT molecular complexity index is 1280. The van der Waals surface area contributed by atoms with Crippen molar-refractivity contribution in [2.75, 3.05) is 5.32 Å². The van der Waals surface area contributed by atoms with Crippen molar-refractivity contribution in [3.05, 3.63) is 73.2 Å². The highest BCUT2D eigenvalue weighted by Crippen LogP contribution is 2.37. The Kier molecular flexibility index (Phi) is 5.61. The van der Waals surface area contributed by atoms with Crippen LogP contribution in [0.3, 0.4) is 0 Å². The lowest BCUT2D eigenvalue weighted by Crippen LogP contribution is -2.24. The number of hydrogen-bond acceptors (Lipinski definition) is 5. The van der Waals surface area contributed by atoms with Crippen LogP contribution in [0.15, 0.2) is 46.2 Å². The largest absolute Gasteiger partial charge is 0.493 e. The summed E-state index contributed by atoms with van der Waals surface area (Å²) in [6.45, 7) is 5.63. The van der Waals surface area contributed by atoms with Crippen LogP contribution in [0.25, 0.3) is 11.6 Å². The fraction of sp³-hybridized carbons (Fsp3) is 0.208. The van der Waals surface area contributed by atoms with E-state index in [0.29, 0.717) is 4.88 Å². The number of fused-ring (bicyclic) bond motifs is 1. The van der Waals surface area contributed by atoms with Gasteiger partial charge in [0.2, 0.25) is 11.8 Å². The number of rotatable bonds is 5. The average Bonchev–Trinajstić information content (AvgIpc) is 3.27. The maximum atomic E-state index is 12.6. The molecule has 0 unspecified atom stereocenters. The van der Waals surface area contributed by atoms with E-state index in [0.717, 1.165) is 61.5 Å². The minimum absolute atomic E-state index is 0.215. The molecule has 1 aliphatic rings. The standard InChI is InChI=1S/C24H23N3O3S/c1-4-16-9-6-10-18-17(12-25-22(16)18)11-19-23(29)27(24(30)31-19)13-20(28)26-21-14(2)7-5-8-15(21)3/h5-12,29H,4,13H2,1-3H3,(H,26,28). The van der Waals surface area contributed by atoms with Gasteiger partial charge < -0.3 is 10.4 Å². The van der Waals surface area contributed by atoms with Crippen LogP contribution in [0.1, 0.15) is 34.1 Å². The molecule has 0 bridgehead atoms. The number of aryl methyl sites for hydroxylation is 3. The molecule has 0 saturated carbocycles. The van der Waals surface area contributed by atoms with E-state index < -0.39 is 4.87 Å². The minimum atomic E-state index is -0.390. The lowest BCUT2D eigenvalue weighted by atomic mass is 10.0. The summed E-state index contributed by atoms with van der Waals surface area (Å²) in [7, 11) is 0. The first-order chi connectivity index (χ1) is 14.9. The number of aliphatic imine (C=N–C) groups is 1. The number of allylic oxidation sites excluding steroid dienone is 1. The zero-order valence-electron chi connectivity index (χ0n) is 17.6. The number of aromatic nitrogens is 1. The van der Waals surface area contributed by atoms with E-state index in [1.165, 1.54) is 0 Å². The topological polar surface area (TPSA) is 83.7 Å². The predicted octanol–water partition coefficient (Wildman–Crippen LogP) is 4.69. The van der Waals surface area contributed by atoms with Gasteiger partial charge in [0.1, 0.15) is 6.54 Å². The second kappa shape index (κ2) is 8.35. The number of amides is 1. The number of anilines is 1. The summed E-state index contributed by atoms with van der Waals surface area (Å²) in [6, 6.07) is 11.7. The van der Waals surface area contributed by atoms with Crippen LogP contribution in [0, 0.1) is 13.8 Å². The van der Waals surface area contributed by atoms with Gasteiger partial charge in [0.25, 0.3) is 0 Å². The third-order valence-electron chi connectivity index (χ3n) is 5.37. The molecule has 31 heavy (non-hydrogen) atoms. The molecule has 3 aromatic rings. The van der Waals surface area contributed by atoms with E-state index in [4.69, 9.17) is 0 Å². The van der Waals surface area contributed by atoms with Crippen LogP contribution < -0.4 is 10.2 Å². The molecule has 0 radical (unpaired) electrons. The SMILES string of the molecule is CCc1cccc2c1N=CC2=Cc1sc(=O)n(CC(=O)Nc2c(C)cccc2C)c1O. The highest BCUT2D eigenvalue weighted by atomic mass is 32.1. The number of thiazole rings is 1. The summed E-state index contributed by atoms with van der Waals surface area (Å²) < 4.78 is 1.09. The second-order valence-corrected chi connectivity index (χ2v) is 8.47. The Morgan fingerprint density at radius 2 is 1.90 bits per heavy atom. The zero-order valence-corrected chi connectivity index (χ0v) is 18.4. The molecule has 4 rings (SSSR count). The summed E-state index contributed by atoms with van der Waals surface area (Å²) in [5.41, 5.74) is 6.47. The van der Waals surface area contributed by atoms with Crippen LogP contribution in [0.4, 0.5) is 11.4 Å². The number of carbonyl (C=O) groups is 1. The maximum Gasteiger partial charge on any atom is 0.311 e. The van der Waals surface area contributed by atoms with E-state index in [9.17, 15) is 14.7 Å². The van der Waals surface area contributed by atoms with Gasteiger partial charge in [-0.3, -0.25) is 19.1 Å². The number of para-hydroxylation sites is 2. The van der Waals surface area contributed by atoms with Crippen LogP contribution in [-0.2, 0) is 17.8 Å². The molecule has 6 nitrogen and oxygen atoms in total. The Balaban J connectivity index is 1.60. The smallest absolute Gasteiger partial charge is 0.311 e. The van der Waals surface area contributed by atoms with Crippen molar-refractivity contribution in [3.63, 3.8) is 0 Å². The van der Waals surface area contributed by atoms with Gasteiger partial charge in [0.15, 0.2) is 0 Å². The molecule has 0 aliphatic carbocycles. The number of aromatic hydroxyl groups is 1. The van der Waals surface area contributed by atoms with Gasteiger partial charge in [-0.2, -0.15) is 0 Å². The van der Waals surface area contributed by atoms with Crippen LogP contribution in [0.2, 0.25) is 0 Å². The van der Waals surface area contributed by atoms with E-state index in [-0.39, 0.29) is 18.3 Å². The highest BCUT2D eigenvalue weighted by molar-refractivity contribution is 7.10. The first-order valence-electron chi connectivity index (χ1n) is 10.1. The van der Waals surface area contributed by atoms with E-state index in [1.807, 2.05) is 50.2 Å². The van der Waals surface area contributed by atoms with Crippen molar-refractivity contribution >= 4 is 46.5 Å². The first-order valence-corrected chi connectivity index (χ1v) is 10.9. The van der Waals surface area contributed by atoms with Gasteiger partial charge in [-0.05, 0) is 43.0 Å². The highest BCUT2D eigenvalue weighted by Gasteiger charge is 2.19. The normalized spacial score (nSPS) is 13.6. The maximum absolute atomic E-state index is 12.6. The molecule has 2 aromatic carbocycles. The molecule has 158 valence electrons. The lowest BCUT2D eigenvalue weighted by molar-refractivity contribution is -0.116. The molecule has 2 heterocycles. The summed E-state index contributed by atoms with van der Waals surface area (Å²) in [5.74, 6) is -0.584. The van der Waals surface area contributed by atoms with Crippen LogP contribution >= 0.6 is 11.3 Å². The molecule has 2 N–H and O–H groups in total. The number of hydrogen-bond donors (Lipinski definition) is 2. The van der Waals surface area contributed by atoms with E-state index >= 15 is 0 Å². The number of nitrogens with zero attached hydrogens (tertiary/aromatic N) is 2. The van der Waals surface area contributed by atoms with E-state index in [1.54, 1.807) is 12.3 Å². The zero-order chi connectivity index (χ0) is 22.1. The predicted molar refractivity (Wildman–Crippen MR) is 127 cm³/mol. The molecule has 1 amide bonds. The Labute approximate surface area is 184 Å². The van der Waals surface area contributed by atoms with Crippen molar-refractivity contribution in [1.29, 1.82) is 0 Å². The number of benzene rings is 2. The van der Waals surface area contributed by atoms with Gasteiger partial charge >= 0.3 is 4.87 Å². The Morgan fingerprint density at radius 3 is 2.61 bits per heavy atom. The lowest BCUT2D eigenvalue weighted by Gasteiger charge is -2.11. The molecule has 1 aliphatic heterocycles. The minimum Gasteiger partial charge on any atom is -0.493 e. The van der Waals surface area contributed by atoms with E-state index in [2.05, 4.69) is 17.2 Å². The summed E-state index contributed by atoms with van der Waals surface area (Å²) in [5, 5.41) is 13.5. The van der Waals surface area contributed by atoms with Gasteiger partial charge in [-0.1, -0.05) is 54.7 Å². The Morgan fingerprint density at radius 1 is 1.19 bits per heavy atom. The van der Waals surface area contributed by atoms with Gasteiger partial charge in [0, 0.05) is 23.0 Å². The molecule has 0 saturated heterocycles. The fourth-order valence-electron chi connectivity index (χ4n) is 3.70. The molecule has 0 atom stereocenters. The van der Waals surface area contributed by atoms with Crippen molar-refractivity contribution < 1.29 is 9.90 Å². The Hall–Kier alpha value is -3.45. The van der Waals surface area contributed by atoms with Gasteiger partial charge in [-0.25, -0.2) is 0 Å². The number of nitrogens with one attached hydrogen (secondary N) is 1. The fourth-order valence-corrected chi connectivity index (χ4v) is 4.54. The molecular formula is C24H23N3O3S. The van der Waals surface area contributed by atoms with Crippen molar-refractivity contribution in [2.45, 2.75) is 33.7 Å². The summed E-state index contributed by atoms with van der Waals surface area (Å²) in [6.07, 6.45) is 4.36. The number of carbonyl (C=O) groups excluding carboxylic acids is 1. The van der Waals surface area contributed by atoms with Gasteiger partial charge in [0.05, 0.1) is 10.6 Å². The second-order valence-electron chi connectivity index (χ2n) is 7.48. The van der Waals surface area contributed by atoms with Crippen LogP contribution in [-0.4, -0.2) is 21.8 Å².